The van der Waals surface area contributed by atoms with Crippen molar-refractivity contribution >= 4 is 0 Å². The van der Waals surface area contributed by atoms with Gasteiger partial charge in [-0.05, 0) is 30.4 Å². The first kappa shape index (κ1) is 14.3. The molecule has 0 spiro atoms. The zero-order chi connectivity index (χ0) is 14.7. The standard InChI is InChI=1S/C18H25N3/c1-14(2)19-10-15-11-20-21(12-15)13-17-8-5-7-16-6-3-4-9-18(16)17/h3-4,6,9,11-12,14,17,19H,5,7-8,10,13H2,1-2H3. The van der Waals surface area contributed by atoms with Gasteiger partial charge in [-0.25, -0.2) is 0 Å². The molecule has 1 unspecified atom stereocenters. The molecule has 1 N–H and O–H groups in total. The first-order valence-electron chi connectivity index (χ1n) is 8.05. The predicted molar refractivity (Wildman–Crippen MR) is 86.3 cm³/mol. The third kappa shape index (κ3) is 3.53. The highest BCUT2D eigenvalue weighted by atomic mass is 15.3. The normalized spacial score (nSPS) is 18.0. The highest BCUT2D eigenvalue weighted by Gasteiger charge is 2.20. The number of hydrogen-bond acceptors (Lipinski definition) is 2. The fourth-order valence-corrected chi connectivity index (χ4v) is 3.19. The van der Waals surface area contributed by atoms with Crippen LogP contribution in [0.1, 0.15) is 49.3 Å². The molecule has 1 aliphatic rings. The van der Waals surface area contributed by atoms with Gasteiger partial charge < -0.3 is 5.32 Å². The fourth-order valence-electron chi connectivity index (χ4n) is 3.19. The number of fused-ring (bicyclic) bond motifs is 1. The summed E-state index contributed by atoms with van der Waals surface area (Å²) in [6.45, 7) is 6.24. The molecule has 1 aliphatic carbocycles. The van der Waals surface area contributed by atoms with E-state index in [2.05, 4.69) is 59.4 Å². The van der Waals surface area contributed by atoms with Crippen LogP contribution in [0, 0.1) is 0 Å². The van der Waals surface area contributed by atoms with Crippen LogP contribution in [-0.2, 0) is 19.5 Å². The SMILES string of the molecule is CC(C)NCc1cnn(CC2CCCc3ccccc32)c1. The Labute approximate surface area is 127 Å². The highest BCUT2D eigenvalue weighted by Crippen LogP contribution is 2.32. The van der Waals surface area contributed by atoms with E-state index in [0.29, 0.717) is 12.0 Å². The minimum atomic E-state index is 0.513. The molecular weight excluding hydrogens is 258 g/mol. The number of nitrogens with zero attached hydrogens (tertiary/aromatic N) is 2. The molecule has 3 nitrogen and oxygen atoms in total. The Bertz CT molecular complexity index is 586. The molecule has 1 aromatic heterocycles. The third-order valence-corrected chi connectivity index (χ3v) is 4.30. The lowest BCUT2D eigenvalue weighted by molar-refractivity contribution is 0.457. The van der Waals surface area contributed by atoms with E-state index in [0.717, 1.165) is 13.1 Å². The van der Waals surface area contributed by atoms with Crippen LogP contribution in [0.3, 0.4) is 0 Å². The van der Waals surface area contributed by atoms with E-state index < -0.39 is 0 Å². The summed E-state index contributed by atoms with van der Waals surface area (Å²) in [6.07, 6.45) is 7.98. The van der Waals surface area contributed by atoms with Crippen molar-refractivity contribution in [2.24, 2.45) is 0 Å². The molecule has 1 atom stereocenters. The molecule has 21 heavy (non-hydrogen) atoms. The van der Waals surface area contributed by atoms with E-state index in [9.17, 15) is 0 Å². The van der Waals surface area contributed by atoms with Crippen molar-refractivity contribution in [3.05, 3.63) is 53.3 Å². The summed E-state index contributed by atoms with van der Waals surface area (Å²) in [5.41, 5.74) is 4.33. The Morgan fingerprint density at radius 2 is 2.19 bits per heavy atom. The van der Waals surface area contributed by atoms with Gasteiger partial charge in [0.25, 0.3) is 0 Å². The Morgan fingerprint density at radius 1 is 1.33 bits per heavy atom. The molecule has 112 valence electrons. The van der Waals surface area contributed by atoms with Crippen LogP contribution < -0.4 is 5.32 Å². The molecule has 0 bridgehead atoms. The largest absolute Gasteiger partial charge is 0.310 e. The van der Waals surface area contributed by atoms with E-state index in [-0.39, 0.29) is 0 Å². The molecule has 3 rings (SSSR count). The van der Waals surface area contributed by atoms with Crippen molar-refractivity contribution < 1.29 is 0 Å². The molecule has 0 fully saturated rings. The van der Waals surface area contributed by atoms with Crippen molar-refractivity contribution in [1.82, 2.24) is 15.1 Å². The number of rotatable bonds is 5. The van der Waals surface area contributed by atoms with Gasteiger partial charge in [-0.3, -0.25) is 4.68 Å². The monoisotopic (exact) mass is 283 g/mol. The van der Waals surface area contributed by atoms with E-state index in [1.807, 2.05) is 6.20 Å². The molecule has 2 aromatic rings. The minimum absolute atomic E-state index is 0.513. The van der Waals surface area contributed by atoms with Crippen LogP contribution in [0.15, 0.2) is 36.7 Å². The van der Waals surface area contributed by atoms with Crippen molar-refractivity contribution in [2.45, 2.75) is 58.2 Å². The average molecular weight is 283 g/mol. The lowest BCUT2D eigenvalue weighted by atomic mass is 9.83. The van der Waals surface area contributed by atoms with Crippen LogP contribution in [0.4, 0.5) is 0 Å². The Hall–Kier alpha value is -1.61. The molecule has 0 saturated carbocycles. The quantitative estimate of drug-likeness (QED) is 0.910. The summed E-state index contributed by atoms with van der Waals surface area (Å²) >= 11 is 0. The van der Waals surface area contributed by atoms with Gasteiger partial charge >= 0.3 is 0 Å². The second-order valence-corrected chi connectivity index (χ2v) is 6.39. The minimum Gasteiger partial charge on any atom is -0.310 e. The van der Waals surface area contributed by atoms with Crippen molar-refractivity contribution in [3.63, 3.8) is 0 Å². The number of aryl methyl sites for hydroxylation is 1. The molecule has 3 heteroatoms. The summed E-state index contributed by atoms with van der Waals surface area (Å²) in [5.74, 6) is 0.612. The lowest BCUT2D eigenvalue weighted by Gasteiger charge is -2.25. The zero-order valence-electron chi connectivity index (χ0n) is 13.0. The van der Waals surface area contributed by atoms with E-state index >= 15 is 0 Å². The maximum Gasteiger partial charge on any atom is 0.0534 e. The van der Waals surface area contributed by atoms with Crippen LogP contribution >= 0.6 is 0 Å². The molecule has 0 aliphatic heterocycles. The van der Waals surface area contributed by atoms with Crippen molar-refractivity contribution in [1.29, 1.82) is 0 Å². The highest BCUT2D eigenvalue weighted by molar-refractivity contribution is 5.32. The maximum atomic E-state index is 4.54. The van der Waals surface area contributed by atoms with Crippen molar-refractivity contribution in [3.8, 4) is 0 Å². The smallest absolute Gasteiger partial charge is 0.0534 e. The average Bonchev–Trinajstić information content (AvgIpc) is 2.93. The second kappa shape index (κ2) is 6.44. The maximum absolute atomic E-state index is 4.54. The van der Waals surface area contributed by atoms with Gasteiger partial charge in [0.15, 0.2) is 0 Å². The summed E-state index contributed by atoms with van der Waals surface area (Å²) < 4.78 is 2.12. The van der Waals surface area contributed by atoms with Gasteiger partial charge in [-0.1, -0.05) is 38.1 Å². The van der Waals surface area contributed by atoms with Crippen LogP contribution in [0.2, 0.25) is 0 Å². The number of hydrogen-bond donors (Lipinski definition) is 1. The Kier molecular flexibility index (Phi) is 4.39. The van der Waals surface area contributed by atoms with Gasteiger partial charge in [0.1, 0.15) is 0 Å². The third-order valence-electron chi connectivity index (χ3n) is 4.30. The number of aromatic nitrogens is 2. The van der Waals surface area contributed by atoms with E-state index in [4.69, 9.17) is 0 Å². The summed E-state index contributed by atoms with van der Waals surface area (Å²) in [5, 5.41) is 7.98. The van der Waals surface area contributed by atoms with Gasteiger partial charge in [0.05, 0.1) is 6.20 Å². The lowest BCUT2D eigenvalue weighted by Crippen LogP contribution is -2.21. The first-order chi connectivity index (χ1) is 10.2. The molecule has 0 radical (unpaired) electrons. The van der Waals surface area contributed by atoms with Crippen molar-refractivity contribution in [2.75, 3.05) is 0 Å². The van der Waals surface area contributed by atoms with Gasteiger partial charge in [-0.2, -0.15) is 5.10 Å². The molecule has 0 saturated heterocycles. The van der Waals surface area contributed by atoms with Gasteiger partial charge in [0, 0.05) is 36.8 Å². The molecule has 1 heterocycles. The van der Waals surface area contributed by atoms with Gasteiger partial charge in [-0.15, -0.1) is 0 Å². The Morgan fingerprint density at radius 3 is 3.05 bits per heavy atom. The van der Waals surface area contributed by atoms with Crippen LogP contribution in [-0.4, -0.2) is 15.8 Å². The predicted octanol–water partition coefficient (Wildman–Crippen LogP) is 3.50. The van der Waals surface area contributed by atoms with Crippen LogP contribution in [0.5, 0.6) is 0 Å². The molecule has 1 aromatic carbocycles. The fraction of sp³-hybridized carbons (Fsp3) is 0.500. The number of benzene rings is 1. The van der Waals surface area contributed by atoms with E-state index in [1.54, 1.807) is 0 Å². The summed E-state index contributed by atoms with van der Waals surface area (Å²) in [4.78, 5) is 0. The Balaban J connectivity index is 1.67. The zero-order valence-corrected chi connectivity index (χ0v) is 13.0. The van der Waals surface area contributed by atoms with Gasteiger partial charge in [0.2, 0.25) is 0 Å². The second-order valence-electron chi connectivity index (χ2n) is 6.39. The molecular formula is C18H25N3. The van der Waals surface area contributed by atoms with E-state index in [1.165, 1.54) is 36.0 Å². The summed E-state index contributed by atoms with van der Waals surface area (Å²) in [6, 6.07) is 9.41. The molecule has 0 amide bonds. The topological polar surface area (TPSA) is 29.9 Å². The van der Waals surface area contributed by atoms with Crippen LogP contribution in [0.25, 0.3) is 0 Å². The first-order valence-corrected chi connectivity index (χ1v) is 8.05. The summed E-state index contributed by atoms with van der Waals surface area (Å²) in [7, 11) is 0. The number of nitrogens with one attached hydrogen (secondary N) is 1.